The number of hydrogen-bond donors (Lipinski definition) is 0. The average molecular weight is 276 g/mol. The molecule has 18 heavy (non-hydrogen) atoms. The Kier molecular flexibility index (Phi) is 5.62. The van der Waals surface area contributed by atoms with E-state index in [1.807, 2.05) is 36.4 Å². The van der Waals surface area contributed by atoms with E-state index in [4.69, 9.17) is 0 Å². The van der Waals surface area contributed by atoms with Crippen molar-refractivity contribution in [1.82, 2.24) is 0 Å². The SMILES string of the molecule is O=C(C=C1SCCCCS1)/C=C/c1ccccc1. The van der Waals surface area contributed by atoms with Gasteiger partial charge in [-0.2, -0.15) is 0 Å². The Morgan fingerprint density at radius 3 is 2.39 bits per heavy atom. The van der Waals surface area contributed by atoms with Gasteiger partial charge in [-0.15, -0.1) is 23.5 Å². The summed E-state index contributed by atoms with van der Waals surface area (Å²) in [5.41, 5.74) is 1.06. The molecule has 0 N–H and O–H groups in total. The van der Waals surface area contributed by atoms with Crippen LogP contribution in [-0.4, -0.2) is 17.3 Å². The molecule has 2 rings (SSSR count). The number of allylic oxidation sites excluding steroid dienone is 2. The summed E-state index contributed by atoms with van der Waals surface area (Å²) < 4.78 is 1.16. The van der Waals surface area contributed by atoms with Crippen LogP contribution in [0.25, 0.3) is 6.08 Å². The molecule has 0 atom stereocenters. The molecular weight excluding hydrogens is 260 g/mol. The maximum Gasteiger partial charge on any atom is 0.180 e. The van der Waals surface area contributed by atoms with Crippen molar-refractivity contribution in [3.8, 4) is 0 Å². The molecule has 1 heterocycles. The van der Waals surface area contributed by atoms with Crippen molar-refractivity contribution >= 4 is 35.4 Å². The van der Waals surface area contributed by atoms with Gasteiger partial charge in [0.25, 0.3) is 0 Å². The number of carbonyl (C=O) groups excluding carboxylic acids is 1. The fourth-order valence-electron chi connectivity index (χ4n) is 1.58. The molecule has 1 fully saturated rings. The normalized spacial score (nSPS) is 16.6. The van der Waals surface area contributed by atoms with Gasteiger partial charge in [-0.25, -0.2) is 0 Å². The number of benzene rings is 1. The van der Waals surface area contributed by atoms with E-state index in [0.717, 1.165) is 21.3 Å². The van der Waals surface area contributed by atoms with Gasteiger partial charge in [0.15, 0.2) is 5.78 Å². The lowest BCUT2D eigenvalue weighted by molar-refractivity contribution is -0.110. The molecule has 0 saturated carbocycles. The highest BCUT2D eigenvalue weighted by Gasteiger charge is 2.06. The van der Waals surface area contributed by atoms with Crippen LogP contribution in [-0.2, 0) is 4.79 Å². The molecule has 0 amide bonds. The minimum absolute atomic E-state index is 0.0794. The second kappa shape index (κ2) is 7.49. The third-order valence-corrected chi connectivity index (χ3v) is 5.02. The van der Waals surface area contributed by atoms with E-state index >= 15 is 0 Å². The third-order valence-electron chi connectivity index (χ3n) is 2.53. The monoisotopic (exact) mass is 276 g/mol. The molecule has 1 aromatic rings. The first kappa shape index (κ1) is 13.5. The van der Waals surface area contributed by atoms with Crippen molar-refractivity contribution in [3.63, 3.8) is 0 Å². The predicted octanol–water partition coefficient (Wildman–Crippen LogP) is 4.37. The van der Waals surface area contributed by atoms with Crippen molar-refractivity contribution in [2.45, 2.75) is 12.8 Å². The van der Waals surface area contributed by atoms with Gasteiger partial charge in [-0.1, -0.05) is 36.4 Å². The molecule has 0 radical (unpaired) electrons. The molecule has 0 spiro atoms. The Balaban J connectivity index is 1.95. The number of ketones is 1. The second-order valence-corrected chi connectivity index (χ2v) is 6.55. The van der Waals surface area contributed by atoms with Crippen molar-refractivity contribution in [2.75, 3.05) is 11.5 Å². The van der Waals surface area contributed by atoms with Crippen LogP contribution in [0.15, 0.2) is 46.7 Å². The van der Waals surface area contributed by atoms with Gasteiger partial charge in [0.1, 0.15) is 0 Å². The van der Waals surface area contributed by atoms with Gasteiger partial charge in [-0.05, 0) is 36.0 Å². The number of thioether (sulfide) groups is 2. The number of carbonyl (C=O) groups is 1. The zero-order valence-corrected chi connectivity index (χ0v) is 11.8. The quantitative estimate of drug-likeness (QED) is 0.763. The summed E-state index contributed by atoms with van der Waals surface area (Å²) in [5.74, 6) is 2.35. The minimum Gasteiger partial charge on any atom is -0.290 e. The Hall–Kier alpha value is -0.930. The third kappa shape index (κ3) is 4.75. The Labute approximate surface area is 117 Å². The van der Waals surface area contributed by atoms with E-state index in [1.54, 1.807) is 35.7 Å². The van der Waals surface area contributed by atoms with Crippen LogP contribution in [0.2, 0.25) is 0 Å². The molecule has 1 aliphatic rings. The highest BCUT2D eigenvalue weighted by molar-refractivity contribution is 8.22. The first-order chi connectivity index (χ1) is 8.84. The molecule has 1 nitrogen and oxygen atoms in total. The Morgan fingerprint density at radius 2 is 1.72 bits per heavy atom. The summed E-state index contributed by atoms with van der Waals surface area (Å²) in [4.78, 5) is 11.8. The maximum atomic E-state index is 11.8. The Bertz CT molecular complexity index is 439. The standard InChI is InChI=1S/C15H16OS2/c16-14(9-8-13-6-2-1-3-7-13)12-15-17-10-4-5-11-18-15/h1-3,6-9,12H,4-5,10-11H2/b9-8+. The van der Waals surface area contributed by atoms with E-state index in [0.29, 0.717) is 0 Å². The molecule has 94 valence electrons. The van der Waals surface area contributed by atoms with Gasteiger partial charge in [0.05, 0.1) is 0 Å². The van der Waals surface area contributed by atoms with Crippen molar-refractivity contribution in [1.29, 1.82) is 0 Å². The first-order valence-corrected chi connectivity index (χ1v) is 8.06. The molecule has 0 aromatic heterocycles. The van der Waals surface area contributed by atoms with E-state index in [9.17, 15) is 4.79 Å². The van der Waals surface area contributed by atoms with E-state index in [-0.39, 0.29) is 5.78 Å². The van der Waals surface area contributed by atoms with Gasteiger partial charge < -0.3 is 0 Å². The van der Waals surface area contributed by atoms with Gasteiger partial charge in [0, 0.05) is 10.3 Å². The predicted molar refractivity (Wildman–Crippen MR) is 82.7 cm³/mol. The highest BCUT2D eigenvalue weighted by atomic mass is 32.2. The fourth-order valence-corrected chi connectivity index (χ4v) is 3.91. The molecular formula is C15H16OS2. The lowest BCUT2D eigenvalue weighted by atomic mass is 10.2. The summed E-state index contributed by atoms with van der Waals surface area (Å²) in [6, 6.07) is 9.90. The number of rotatable bonds is 3. The fraction of sp³-hybridized carbons (Fsp3) is 0.267. The summed E-state index contributed by atoms with van der Waals surface area (Å²) >= 11 is 3.61. The lowest BCUT2D eigenvalue weighted by Crippen LogP contribution is -1.87. The van der Waals surface area contributed by atoms with Crippen LogP contribution in [0.5, 0.6) is 0 Å². The maximum absolute atomic E-state index is 11.8. The summed E-state index contributed by atoms with van der Waals surface area (Å²) in [7, 11) is 0. The van der Waals surface area contributed by atoms with Gasteiger partial charge in [-0.3, -0.25) is 4.79 Å². The second-order valence-electron chi connectivity index (χ2n) is 4.01. The van der Waals surface area contributed by atoms with E-state index < -0.39 is 0 Å². The molecule has 3 heteroatoms. The summed E-state index contributed by atoms with van der Waals surface area (Å²) in [5, 5.41) is 0. The lowest BCUT2D eigenvalue weighted by Gasteiger charge is -1.98. The molecule has 0 bridgehead atoms. The topological polar surface area (TPSA) is 17.1 Å². The molecule has 1 aromatic carbocycles. The van der Waals surface area contributed by atoms with Crippen molar-refractivity contribution < 1.29 is 4.79 Å². The Morgan fingerprint density at radius 1 is 1.06 bits per heavy atom. The van der Waals surface area contributed by atoms with E-state index in [2.05, 4.69) is 0 Å². The summed E-state index contributed by atoms with van der Waals surface area (Å²) in [6.07, 6.45) is 7.78. The zero-order chi connectivity index (χ0) is 12.6. The largest absolute Gasteiger partial charge is 0.290 e. The highest BCUT2D eigenvalue weighted by Crippen LogP contribution is 2.33. The van der Waals surface area contributed by atoms with Crippen LogP contribution in [0.4, 0.5) is 0 Å². The van der Waals surface area contributed by atoms with Gasteiger partial charge in [0.2, 0.25) is 0 Å². The van der Waals surface area contributed by atoms with Crippen LogP contribution in [0, 0.1) is 0 Å². The zero-order valence-electron chi connectivity index (χ0n) is 10.2. The number of hydrogen-bond acceptors (Lipinski definition) is 3. The van der Waals surface area contributed by atoms with Crippen molar-refractivity contribution in [2.24, 2.45) is 0 Å². The van der Waals surface area contributed by atoms with Crippen LogP contribution < -0.4 is 0 Å². The van der Waals surface area contributed by atoms with Crippen LogP contribution >= 0.6 is 23.5 Å². The molecule has 1 aliphatic heterocycles. The molecule has 1 saturated heterocycles. The minimum atomic E-state index is 0.0794. The van der Waals surface area contributed by atoms with E-state index in [1.165, 1.54) is 12.8 Å². The molecule has 0 unspecified atom stereocenters. The van der Waals surface area contributed by atoms with Gasteiger partial charge >= 0.3 is 0 Å². The van der Waals surface area contributed by atoms with Crippen molar-refractivity contribution in [3.05, 3.63) is 52.3 Å². The van der Waals surface area contributed by atoms with Crippen LogP contribution in [0.3, 0.4) is 0 Å². The average Bonchev–Trinajstić information content (AvgIpc) is 2.66. The first-order valence-electron chi connectivity index (χ1n) is 6.09. The smallest absolute Gasteiger partial charge is 0.180 e. The van der Waals surface area contributed by atoms with Crippen LogP contribution in [0.1, 0.15) is 18.4 Å². The summed E-state index contributed by atoms with van der Waals surface area (Å²) in [6.45, 7) is 0. The molecule has 0 aliphatic carbocycles.